The summed E-state index contributed by atoms with van der Waals surface area (Å²) in [5.74, 6) is 0. The second-order valence-corrected chi connectivity index (χ2v) is 8.01. The number of rotatable bonds is 6. The summed E-state index contributed by atoms with van der Waals surface area (Å²) >= 11 is 0. The molecule has 1 heterocycles. The van der Waals surface area contributed by atoms with Gasteiger partial charge in [-0.15, -0.1) is 0 Å². The van der Waals surface area contributed by atoms with E-state index in [1.54, 1.807) is 0 Å². The monoisotopic (exact) mass is 364 g/mol. The van der Waals surface area contributed by atoms with Crippen molar-refractivity contribution in [1.82, 2.24) is 9.88 Å². The van der Waals surface area contributed by atoms with Crippen LogP contribution in [0.3, 0.4) is 0 Å². The molecule has 4 heteroatoms. The van der Waals surface area contributed by atoms with Crippen molar-refractivity contribution in [1.29, 1.82) is 0 Å². The molecular weight excluding hydrogens is 336 g/mol. The van der Waals surface area contributed by atoms with Gasteiger partial charge in [0.1, 0.15) is 0 Å². The van der Waals surface area contributed by atoms with Crippen molar-refractivity contribution in [2.24, 2.45) is 0 Å². The third-order valence-corrected chi connectivity index (χ3v) is 4.90. The Hall–Kier alpha value is -2.43. The number of nitrogens with one attached hydrogen (secondary N) is 1. The molecule has 0 spiro atoms. The third kappa shape index (κ3) is 4.46. The summed E-state index contributed by atoms with van der Waals surface area (Å²) in [5, 5.41) is 13.8. The molecule has 0 amide bonds. The molecule has 27 heavy (non-hydrogen) atoms. The van der Waals surface area contributed by atoms with Gasteiger partial charge in [0.2, 0.25) is 0 Å². The maximum atomic E-state index is 13.2. The number of hydrogen-bond acceptors (Lipinski definition) is 3. The minimum absolute atomic E-state index is 0.0100. The standard InChI is InChI=1S/C23H28N2O2/c1-16-6-5-7-18(10-16)14-25-21-11-17(2)8-9-19(21)12-20(22(25)27)13-24-23(3,4)15-26/h5-12,24,26H,13-15H2,1-4H3. The van der Waals surface area contributed by atoms with E-state index in [4.69, 9.17) is 0 Å². The van der Waals surface area contributed by atoms with Crippen LogP contribution in [0.25, 0.3) is 10.9 Å². The first-order valence-corrected chi connectivity index (χ1v) is 9.33. The van der Waals surface area contributed by atoms with Crippen molar-refractivity contribution < 1.29 is 5.11 Å². The Morgan fingerprint density at radius 2 is 1.78 bits per heavy atom. The minimum atomic E-state index is -0.434. The van der Waals surface area contributed by atoms with E-state index in [0.717, 1.165) is 22.0 Å². The van der Waals surface area contributed by atoms with Crippen LogP contribution >= 0.6 is 0 Å². The largest absolute Gasteiger partial charge is 0.394 e. The van der Waals surface area contributed by atoms with Crippen LogP contribution in [0.15, 0.2) is 53.3 Å². The number of fused-ring (bicyclic) bond motifs is 1. The zero-order chi connectivity index (χ0) is 19.6. The molecule has 0 aliphatic carbocycles. The van der Waals surface area contributed by atoms with Gasteiger partial charge in [-0.05, 0) is 56.3 Å². The van der Waals surface area contributed by atoms with Crippen LogP contribution in [0.4, 0.5) is 0 Å². The van der Waals surface area contributed by atoms with E-state index in [2.05, 4.69) is 48.6 Å². The van der Waals surface area contributed by atoms with E-state index >= 15 is 0 Å². The molecule has 0 atom stereocenters. The SMILES string of the molecule is Cc1cccc(Cn2c(=O)c(CNC(C)(C)CO)cc3ccc(C)cc32)c1. The lowest BCUT2D eigenvalue weighted by Gasteiger charge is -2.24. The van der Waals surface area contributed by atoms with Gasteiger partial charge in [-0.25, -0.2) is 0 Å². The number of hydrogen-bond donors (Lipinski definition) is 2. The molecule has 0 aliphatic heterocycles. The molecule has 4 nitrogen and oxygen atoms in total. The molecule has 0 bridgehead atoms. The highest BCUT2D eigenvalue weighted by atomic mass is 16.3. The first-order chi connectivity index (χ1) is 12.8. The molecular formula is C23H28N2O2. The highest BCUT2D eigenvalue weighted by Gasteiger charge is 2.17. The van der Waals surface area contributed by atoms with E-state index in [1.165, 1.54) is 5.56 Å². The Bertz CT molecular complexity index is 1020. The fraction of sp³-hybridized carbons (Fsp3) is 0.348. The van der Waals surface area contributed by atoms with E-state index < -0.39 is 5.54 Å². The summed E-state index contributed by atoms with van der Waals surface area (Å²) in [6.07, 6.45) is 0. The van der Waals surface area contributed by atoms with E-state index in [0.29, 0.717) is 18.7 Å². The minimum Gasteiger partial charge on any atom is -0.394 e. The lowest BCUT2D eigenvalue weighted by Crippen LogP contribution is -2.43. The van der Waals surface area contributed by atoms with Crippen molar-refractivity contribution in [3.8, 4) is 0 Å². The number of pyridine rings is 1. The van der Waals surface area contributed by atoms with Gasteiger partial charge in [-0.1, -0.05) is 42.0 Å². The third-order valence-electron chi connectivity index (χ3n) is 4.90. The molecule has 3 aromatic rings. The Balaban J connectivity index is 2.09. The van der Waals surface area contributed by atoms with Gasteiger partial charge in [0.25, 0.3) is 5.56 Å². The van der Waals surface area contributed by atoms with Crippen molar-refractivity contribution in [2.75, 3.05) is 6.61 Å². The smallest absolute Gasteiger partial charge is 0.255 e. The molecule has 0 saturated heterocycles. The summed E-state index contributed by atoms with van der Waals surface area (Å²) in [4.78, 5) is 13.2. The van der Waals surface area contributed by atoms with Crippen LogP contribution in [0.1, 0.15) is 36.1 Å². The van der Waals surface area contributed by atoms with Crippen LogP contribution in [-0.4, -0.2) is 21.8 Å². The van der Waals surface area contributed by atoms with Gasteiger partial charge >= 0.3 is 0 Å². The molecule has 2 N–H and O–H groups in total. The number of aliphatic hydroxyl groups is 1. The molecule has 2 aromatic carbocycles. The number of aryl methyl sites for hydroxylation is 2. The maximum Gasteiger partial charge on any atom is 0.255 e. The van der Waals surface area contributed by atoms with Crippen LogP contribution in [0.2, 0.25) is 0 Å². The highest BCUT2D eigenvalue weighted by molar-refractivity contribution is 5.80. The lowest BCUT2D eigenvalue weighted by atomic mass is 10.1. The predicted octanol–water partition coefficient (Wildman–Crippen LogP) is 3.53. The number of aromatic nitrogens is 1. The topological polar surface area (TPSA) is 54.3 Å². The van der Waals surface area contributed by atoms with Crippen LogP contribution in [-0.2, 0) is 13.1 Å². The quantitative estimate of drug-likeness (QED) is 0.704. The average Bonchev–Trinajstić information content (AvgIpc) is 2.63. The fourth-order valence-corrected chi connectivity index (χ4v) is 3.21. The Morgan fingerprint density at radius 3 is 2.48 bits per heavy atom. The number of benzene rings is 2. The number of aliphatic hydroxyl groups excluding tert-OH is 1. The fourth-order valence-electron chi connectivity index (χ4n) is 3.21. The zero-order valence-electron chi connectivity index (χ0n) is 16.5. The molecule has 1 aromatic heterocycles. The van der Waals surface area contributed by atoms with Gasteiger partial charge in [-0.3, -0.25) is 4.79 Å². The number of nitrogens with zero attached hydrogens (tertiary/aromatic N) is 1. The van der Waals surface area contributed by atoms with Crippen LogP contribution in [0, 0.1) is 13.8 Å². The van der Waals surface area contributed by atoms with Crippen molar-refractivity contribution in [3.63, 3.8) is 0 Å². The molecule has 0 unspecified atom stereocenters. The van der Waals surface area contributed by atoms with Crippen molar-refractivity contribution >= 4 is 10.9 Å². The lowest BCUT2D eigenvalue weighted by molar-refractivity contribution is 0.187. The Morgan fingerprint density at radius 1 is 1.04 bits per heavy atom. The highest BCUT2D eigenvalue weighted by Crippen LogP contribution is 2.18. The van der Waals surface area contributed by atoms with Crippen LogP contribution in [0.5, 0.6) is 0 Å². The molecule has 0 aliphatic rings. The summed E-state index contributed by atoms with van der Waals surface area (Å²) in [7, 11) is 0. The molecule has 0 saturated carbocycles. The first kappa shape index (κ1) is 19.3. The first-order valence-electron chi connectivity index (χ1n) is 9.33. The zero-order valence-corrected chi connectivity index (χ0v) is 16.5. The van der Waals surface area contributed by atoms with Gasteiger partial charge in [0.05, 0.1) is 18.7 Å². The second kappa shape index (κ2) is 7.67. The van der Waals surface area contributed by atoms with E-state index in [-0.39, 0.29) is 12.2 Å². The maximum absolute atomic E-state index is 13.2. The van der Waals surface area contributed by atoms with Gasteiger partial charge in [0.15, 0.2) is 0 Å². The summed E-state index contributed by atoms with van der Waals surface area (Å²) in [5.41, 5.74) is 4.66. The molecule has 142 valence electrons. The Kier molecular flexibility index (Phi) is 5.49. The molecule has 0 fully saturated rings. The second-order valence-electron chi connectivity index (χ2n) is 8.01. The van der Waals surface area contributed by atoms with Crippen LogP contribution < -0.4 is 10.9 Å². The van der Waals surface area contributed by atoms with Crippen molar-refractivity contribution in [2.45, 2.75) is 46.3 Å². The predicted molar refractivity (Wildman–Crippen MR) is 111 cm³/mol. The van der Waals surface area contributed by atoms with Gasteiger partial charge < -0.3 is 15.0 Å². The summed E-state index contributed by atoms with van der Waals surface area (Å²) in [6.45, 7) is 8.91. The van der Waals surface area contributed by atoms with Gasteiger partial charge in [-0.2, -0.15) is 0 Å². The summed E-state index contributed by atoms with van der Waals surface area (Å²) < 4.78 is 1.86. The van der Waals surface area contributed by atoms with E-state index in [1.807, 2.05) is 37.5 Å². The molecule has 0 radical (unpaired) electrons. The van der Waals surface area contributed by atoms with Crippen molar-refractivity contribution in [3.05, 3.63) is 81.1 Å². The summed E-state index contributed by atoms with van der Waals surface area (Å²) in [6, 6.07) is 16.4. The van der Waals surface area contributed by atoms with E-state index in [9.17, 15) is 9.90 Å². The van der Waals surface area contributed by atoms with Gasteiger partial charge in [0, 0.05) is 17.6 Å². The Labute approximate surface area is 160 Å². The average molecular weight is 364 g/mol. The normalized spacial score (nSPS) is 11.9. The molecule has 3 rings (SSSR count).